The van der Waals surface area contributed by atoms with Crippen molar-refractivity contribution < 1.29 is 0 Å². The van der Waals surface area contributed by atoms with Crippen LogP contribution in [-0.2, 0) is 0 Å². The van der Waals surface area contributed by atoms with E-state index in [-0.39, 0.29) is 0 Å². The van der Waals surface area contributed by atoms with E-state index in [2.05, 4.69) is 24.2 Å². The number of hydrogen-bond donors (Lipinski definition) is 1. The molecule has 0 aromatic heterocycles. The summed E-state index contributed by atoms with van der Waals surface area (Å²) in [5, 5.41) is 3.55. The molecule has 2 atom stereocenters. The van der Waals surface area contributed by atoms with Crippen molar-refractivity contribution in [2.75, 3.05) is 13.6 Å². The highest BCUT2D eigenvalue weighted by Crippen LogP contribution is 2.32. The van der Waals surface area contributed by atoms with E-state index in [1.165, 1.54) is 51.5 Å². The van der Waals surface area contributed by atoms with Gasteiger partial charge in [-0.2, -0.15) is 0 Å². The Morgan fingerprint density at radius 3 is 2.40 bits per heavy atom. The standard InChI is InChI=1S/C13H26N2/c1-3-15(11-9-10-11)13-8-6-4-5-7-12(13)14-2/h11-14H,3-10H2,1-2H3. The Labute approximate surface area is 94.4 Å². The van der Waals surface area contributed by atoms with Crippen molar-refractivity contribution in [3.63, 3.8) is 0 Å². The first-order valence-corrected chi connectivity index (χ1v) is 6.79. The molecule has 2 saturated carbocycles. The molecule has 0 saturated heterocycles. The van der Waals surface area contributed by atoms with E-state index in [1.807, 2.05) is 0 Å². The Balaban J connectivity index is 2.00. The van der Waals surface area contributed by atoms with Crippen LogP contribution in [0.3, 0.4) is 0 Å². The summed E-state index contributed by atoms with van der Waals surface area (Å²) in [5.41, 5.74) is 0. The topological polar surface area (TPSA) is 15.3 Å². The molecule has 1 N–H and O–H groups in total. The minimum absolute atomic E-state index is 0.744. The van der Waals surface area contributed by atoms with Crippen LogP contribution in [0.15, 0.2) is 0 Å². The highest BCUT2D eigenvalue weighted by Gasteiger charge is 2.36. The summed E-state index contributed by atoms with van der Waals surface area (Å²) in [5.74, 6) is 0. The molecule has 0 aromatic carbocycles. The number of nitrogens with zero attached hydrogens (tertiary/aromatic N) is 1. The number of hydrogen-bond acceptors (Lipinski definition) is 2. The molecule has 0 spiro atoms. The average Bonchev–Trinajstić information content (AvgIpc) is 3.06. The zero-order valence-electron chi connectivity index (χ0n) is 10.3. The third-order valence-corrected chi connectivity index (χ3v) is 4.16. The third-order valence-electron chi connectivity index (χ3n) is 4.16. The quantitative estimate of drug-likeness (QED) is 0.717. The van der Waals surface area contributed by atoms with E-state index in [9.17, 15) is 0 Å². The smallest absolute Gasteiger partial charge is 0.0252 e. The molecule has 2 unspecified atom stereocenters. The van der Waals surface area contributed by atoms with Crippen LogP contribution in [0.5, 0.6) is 0 Å². The van der Waals surface area contributed by atoms with Crippen LogP contribution < -0.4 is 5.32 Å². The fraction of sp³-hybridized carbons (Fsp3) is 1.00. The Morgan fingerprint density at radius 2 is 1.80 bits per heavy atom. The van der Waals surface area contributed by atoms with Crippen molar-refractivity contribution in [2.45, 2.75) is 70.0 Å². The molecular weight excluding hydrogens is 184 g/mol. The van der Waals surface area contributed by atoms with Crippen LogP contribution in [0, 0.1) is 0 Å². The summed E-state index contributed by atoms with van der Waals surface area (Å²) in [6.07, 6.45) is 9.98. The van der Waals surface area contributed by atoms with Gasteiger partial charge in [-0.1, -0.05) is 26.2 Å². The number of rotatable bonds is 4. The predicted molar refractivity (Wildman–Crippen MR) is 65.1 cm³/mol. The van der Waals surface area contributed by atoms with Crippen LogP contribution in [0.2, 0.25) is 0 Å². The predicted octanol–water partition coefficient (Wildman–Crippen LogP) is 2.39. The number of likely N-dealkylation sites (N-methyl/N-ethyl adjacent to an activating group) is 2. The van der Waals surface area contributed by atoms with Gasteiger partial charge in [0.15, 0.2) is 0 Å². The second-order valence-electron chi connectivity index (χ2n) is 5.16. The minimum Gasteiger partial charge on any atom is -0.315 e. The summed E-state index contributed by atoms with van der Waals surface area (Å²) in [6, 6.07) is 2.48. The molecule has 2 aliphatic rings. The maximum atomic E-state index is 3.55. The first-order valence-electron chi connectivity index (χ1n) is 6.79. The monoisotopic (exact) mass is 210 g/mol. The Morgan fingerprint density at radius 1 is 1.07 bits per heavy atom. The summed E-state index contributed by atoms with van der Waals surface area (Å²) in [6.45, 7) is 3.57. The third kappa shape index (κ3) is 2.73. The zero-order valence-corrected chi connectivity index (χ0v) is 10.3. The minimum atomic E-state index is 0.744. The summed E-state index contributed by atoms with van der Waals surface area (Å²) >= 11 is 0. The molecule has 0 radical (unpaired) electrons. The van der Waals surface area contributed by atoms with Gasteiger partial charge < -0.3 is 5.32 Å². The van der Waals surface area contributed by atoms with E-state index in [4.69, 9.17) is 0 Å². The SMILES string of the molecule is CCN(C1CC1)C1CCCCCC1NC. The lowest BCUT2D eigenvalue weighted by molar-refractivity contribution is 0.150. The molecular formula is C13H26N2. The van der Waals surface area contributed by atoms with Gasteiger partial charge >= 0.3 is 0 Å². The van der Waals surface area contributed by atoms with E-state index in [0.717, 1.165) is 18.1 Å². The van der Waals surface area contributed by atoms with Crippen molar-refractivity contribution in [3.05, 3.63) is 0 Å². The number of nitrogens with one attached hydrogen (secondary N) is 1. The summed E-state index contributed by atoms with van der Waals surface area (Å²) in [4.78, 5) is 2.77. The van der Waals surface area contributed by atoms with Crippen molar-refractivity contribution >= 4 is 0 Å². The van der Waals surface area contributed by atoms with Crippen LogP contribution in [0.1, 0.15) is 51.9 Å². The van der Waals surface area contributed by atoms with E-state index < -0.39 is 0 Å². The fourth-order valence-electron chi connectivity index (χ4n) is 3.19. The van der Waals surface area contributed by atoms with Gasteiger partial charge in [-0.05, 0) is 39.3 Å². The molecule has 88 valence electrons. The largest absolute Gasteiger partial charge is 0.315 e. The molecule has 2 rings (SSSR count). The van der Waals surface area contributed by atoms with Gasteiger partial charge in [0.25, 0.3) is 0 Å². The Bertz CT molecular complexity index is 189. The van der Waals surface area contributed by atoms with E-state index >= 15 is 0 Å². The van der Waals surface area contributed by atoms with E-state index in [0.29, 0.717) is 0 Å². The highest BCUT2D eigenvalue weighted by atomic mass is 15.2. The van der Waals surface area contributed by atoms with Crippen molar-refractivity contribution in [1.29, 1.82) is 0 Å². The highest BCUT2D eigenvalue weighted by molar-refractivity contribution is 4.93. The lowest BCUT2D eigenvalue weighted by atomic mass is 10.0. The van der Waals surface area contributed by atoms with Crippen molar-refractivity contribution in [1.82, 2.24) is 10.2 Å². The average molecular weight is 210 g/mol. The van der Waals surface area contributed by atoms with Crippen LogP contribution in [-0.4, -0.2) is 36.6 Å². The normalized spacial score (nSPS) is 33.0. The lowest BCUT2D eigenvalue weighted by Gasteiger charge is -2.35. The fourth-order valence-corrected chi connectivity index (χ4v) is 3.19. The first kappa shape index (κ1) is 11.4. The summed E-state index contributed by atoms with van der Waals surface area (Å²) < 4.78 is 0. The van der Waals surface area contributed by atoms with Gasteiger partial charge in [-0.15, -0.1) is 0 Å². The van der Waals surface area contributed by atoms with Gasteiger partial charge in [-0.25, -0.2) is 0 Å². The molecule has 0 aromatic rings. The van der Waals surface area contributed by atoms with Crippen LogP contribution in [0.25, 0.3) is 0 Å². The molecule has 2 nitrogen and oxygen atoms in total. The lowest BCUT2D eigenvalue weighted by Crippen LogP contribution is -2.49. The zero-order chi connectivity index (χ0) is 10.7. The molecule has 2 aliphatic carbocycles. The van der Waals surface area contributed by atoms with Gasteiger partial charge in [-0.3, -0.25) is 4.90 Å². The maximum Gasteiger partial charge on any atom is 0.0252 e. The van der Waals surface area contributed by atoms with Gasteiger partial charge in [0.2, 0.25) is 0 Å². The van der Waals surface area contributed by atoms with Gasteiger partial charge in [0.1, 0.15) is 0 Å². The molecule has 15 heavy (non-hydrogen) atoms. The van der Waals surface area contributed by atoms with Crippen molar-refractivity contribution in [2.24, 2.45) is 0 Å². The molecule has 0 aliphatic heterocycles. The van der Waals surface area contributed by atoms with E-state index in [1.54, 1.807) is 0 Å². The first-order chi connectivity index (χ1) is 7.36. The Kier molecular flexibility index (Phi) is 4.04. The molecule has 0 amide bonds. The van der Waals surface area contributed by atoms with Crippen molar-refractivity contribution in [3.8, 4) is 0 Å². The molecule has 2 heteroatoms. The molecule has 0 heterocycles. The van der Waals surface area contributed by atoms with Gasteiger partial charge in [0.05, 0.1) is 0 Å². The van der Waals surface area contributed by atoms with Gasteiger partial charge in [0, 0.05) is 18.1 Å². The maximum absolute atomic E-state index is 3.55. The second-order valence-corrected chi connectivity index (χ2v) is 5.16. The second kappa shape index (κ2) is 5.31. The molecule has 2 fully saturated rings. The van der Waals surface area contributed by atoms with Crippen LogP contribution in [0.4, 0.5) is 0 Å². The Hall–Kier alpha value is -0.0800. The molecule has 0 bridgehead atoms. The summed E-state index contributed by atoms with van der Waals surface area (Å²) in [7, 11) is 2.14. The van der Waals surface area contributed by atoms with Crippen LogP contribution >= 0.6 is 0 Å².